The molecule has 5 heteroatoms. The van der Waals surface area contributed by atoms with Crippen molar-refractivity contribution in [2.24, 2.45) is 0 Å². The average Bonchev–Trinajstić information content (AvgIpc) is 2.49. The Balaban J connectivity index is 2.20. The maximum absolute atomic E-state index is 5.03. The van der Waals surface area contributed by atoms with Gasteiger partial charge in [0, 0.05) is 32.1 Å². The molecule has 0 bridgehead atoms. The standard InChI is InChI=1S/C16H22N4O/c1-4-20(14-7-5-6-13(2)12-14)16-18-9-8-15(19-16)17-10-11-21-3/h5-9,12H,4,10-11H2,1-3H3,(H,17,18,19). The highest BCUT2D eigenvalue weighted by Gasteiger charge is 2.10. The lowest BCUT2D eigenvalue weighted by atomic mass is 10.2. The first-order valence-electron chi connectivity index (χ1n) is 7.14. The highest BCUT2D eigenvalue weighted by atomic mass is 16.5. The quantitative estimate of drug-likeness (QED) is 0.793. The molecule has 1 N–H and O–H groups in total. The number of nitrogens with one attached hydrogen (secondary N) is 1. The van der Waals surface area contributed by atoms with E-state index in [-0.39, 0.29) is 0 Å². The molecule has 5 nitrogen and oxygen atoms in total. The van der Waals surface area contributed by atoms with E-state index in [0.717, 1.165) is 24.6 Å². The Bertz CT molecular complexity index is 574. The molecular formula is C16H22N4O. The van der Waals surface area contributed by atoms with Crippen LogP contribution in [0.25, 0.3) is 0 Å². The SMILES string of the molecule is CCN(c1cccc(C)c1)c1nccc(NCCOC)n1. The van der Waals surface area contributed by atoms with Crippen molar-refractivity contribution >= 4 is 17.5 Å². The van der Waals surface area contributed by atoms with Gasteiger partial charge in [0.1, 0.15) is 5.82 Å². The monoisotopic (exact) mass is 286 g/mol. The fraction of sp³-hybridized carbons (Fsp3) is 0.375. The Morgan fingerprint density at radius 1 is 1.29 bits per heavy atom. The van der Waals surface area contributed by atoms with Crippen LogP contribution in [-0.2, 0) is 4.74 Å². The zero-order valence-corrected chi connectivity index (χ0v) is 12.8. The molecule has 0 saturated carbocycles. The molecule has 0 aliphatic rings. The molecule has 0 amide bonds. The number of methoxy groups -OCH3 is 1. The predicted molar refractivity (Wildman–Crippen MR) is 86.3 cm³/mol. The van der Waals surface area contributed by atoms with Crippen LogP contribution >= 0.6 is 0 Å². The Kier molecular flexibility index (Phi) is 5.51. The second kappa shape index (κ2) is 7.59. The molecule has 0 aliphatic carbocycles. The van der Waals surface area contributed by atoms with Gasteiger partial charge in [-0.2, -0.15) is 4.98 Å². The zero-order valence-electron chi connectivity index (χ0n) is 12.8. The summed E-state index contributed by atoms with van der Waals surface area (Å²) in [6.45, 7) is 6.36. The zero-order chi connectivity index (χ0) is 15.1. The number of aryl methyl sites for hydroxylation is 1. The third-order valence-electron chi connectivity index (χ3n) is 3.13. The van der Waals surface area contributed by atoms with E-state index in [1.165, 1.54) is 5.56 Å². The van der Waals surface area contributed by atoms with Gasteiger partial charge < -0.3 is 15.0 Å². The molecule has 1 aromatic carbocycles. The maximum Gasteiger partial charge on any atom is 0.231 e. The van der Waals surface area contributed by atoms with Crippen LogP contribution in [0.5, 0.6) is 0 Å². The Hall–Kier alpha value is -2.14. The van der Waals surface area contributed by atoms with Crippen LogP contribution in [0.15, 0.2) is 36.5 Å². The predicted octanol–water partition coefficient (Wildman–Crippen LogP) is 3.00. The molecular weight excluding hydrogens is 264 g/mol. The Labute approximate surface area is 126 Å². The molecule has 0 fully saturated rings. The third kappa shape index (κ3) is 4.16. The van der Waals surface area contributed by atoms with Crippen molar-refractivity contribution < 1.29 is 4.74 Å². The van der Waals surface area contributed by atoms with Crippen LogP contribution in [0, 0.1) is 6.92 Å². The highest BCUT2D eigenvalue weighted by molar-refractivity contribution is 5.59. The second-order valence-corrected chi connectivity index (χ2v) is 4.74. The van der Waals surface area contributed by atoms with Crippen molar-refractivity contribution in [2.45, 2.75) is 13.8 Å². The van der Waals surface area contributed by atoms with Gasteiger partial charge in [0.2, 0.25) is 5.95 Å². The molecule has 2 aromatic rings. The van der Waals surface area contributed by atoms with Crippen molar-refractivity contribution in [1.29, 1.82) is 0 Å². The smallest absolute Gasteiger partial charge is 0.231 e. The van der Waals surface area contributed by atoms with E-state index in [9.17, 15) is 0 Å². The van der Waals surface area contributed by atoms with Crippen molar-refractivity contribution in [2.75, 3.05) is 37.0 Å². The van der Waals surface area contributed by atoms with Crippen LogP contribution in [-0.4, -0.2) is 36.8 Å². The molecule has 0 atom stereocenters. The van der Waals surface area contributed by atoms with Crippen LogP contribution in [0.4, 0.5) is 17.5 Å². The summed E-state index contributed by atoms with van der Waals surface area (Å²) < 4.78 is 5.03. The molecule has 0 unspecified atom stereocenters. The van der Waals surface area contributed by atoms with Crippen LogP contribution in [0.2, 0.25) is 0 Å². The van der Waals surface area contributed by atoms with Gasteiger partial charge in [-0.3, -0.25) is 0 Å². The first-order valence-corrected chi connectivity index (χ1v) is 7.14. The van der Waals surface area contributed by atoms with Gasteiger partial charge >= 0.3 is 0 Å². The van der Waals surface area contributed by atoms with E-state index in [1.54, 1.807) is 13.3 Å². The van der Waals surface area contributed by atoms with E-state index < -0.39 is 0 Å². The average molecular weight is 286 g/mol. The van der Waals surface area contributed by atoms with Gasteiger partial charge in [-0.1, -0.05) is 12.1 Å². The van der Waals surface area contributed by atoms with Crippen molar-refractivity contribution in [3.8, 4) is 0 Å². The summed E-state index contributed by atoms with van der Waals surface area (Å²) in [6.07, 6.45) is 1.77. The third-order valence-corrected chi connectivity index (χ3v) is 3.13. The van der Waals surface area contributed by atoms with Gasteiger partial charge in [-0.15, -0.1) is 0 Å². The van der Waals surface area contributed by atoms with Crippen LogP contribution < -0.4 is 10.2 Å². The molecule has 0 aliphatic heterocycles. The van der Waals surface area contributed by atoms with E-state index in [1.807, 2.05) is 12.1 Å². The molecule has 1 aromatic heterocycles. The topological polar surface area (TPSA) is 50.3 Å². The lowest BCUT2D eigenvalue weighted by Gasteiger charge is -2.21. The largest absolute Gasteiger partial charge is 0.383 e. The molecule has 0 spiro atoms. The second-order valence-electron chi connectivity index (χ2n) is 4.74. The lowest BCUT2D eigenvalue weighted by Crippen LogP contribution is -2.19. The number of ether oxygens (including phenoxy) is 1. The van der Waals surface area contributed by atoms with E-state index in [0.29, 0.717) is 12.6 Å². The minimum absolute atomic E-state index is 0.648. The van der Waals surface area contributed by atoms with Crippen LogP contribution in [0.3, 0.4) is 0 Å². The van der Waals surface area contributed by atoms with Gasteiger partial charge in [-0.05, 0) is 37.6 Å². The summed E-state index contributed by atoms with van der Waals surface area (Å²) >= 11 is 0. The van der Waals surface area contributed by atoms with Crippen molar-refractivity contribution in [3.63, 3.8) is 0 Å². The summed E-state index contributed by atoms with van der Waals surface area (Å²) in [5.74, 6) is 1.51. The normalized spacial score (nSPS) is 10.4. The maximum atomic E-state index is 5.03. The van der Waals surface area contributed by atoms with Gasteiger partial charge in [0.25, 0.3) is 0 Å². The number of rotatable bonds is 7. The molecule has 21 heavy (non-hydrogen) atoms. The number of hydrogen-bond donors (Lipinski definition) is 1. The lowest BCUT2D eigenvalue weighted by molar-refractivity contribution is 0.210. The summed E-state index contributed by atoms with van der Waals surface area (Å²) in [5.41, 5.74) is 2.33. The van der Waals surface area contributed by atoms with Gasteiger partial charge in [0.15, 0.2) is 0 Å². The summed E-state index contributed by atoms with van der Waals surface area (Å²) in [6, 6.07) is 10.2. The first-order chi connectivity index (χ1) is 10.2. The van der Waals surface area contributed by atoms with Gasteiger partial charge in [0.05, 0.1) is 6.61 Å². The highest BCUT2D eigenvalue weighted by Crippen LogP contribution is 2.23. The van der Waals surface area contributed by atoms with E-state index in [4.69, 9.17) is 4.74 Å². The minimum Gasteiger partial charge on any atom is -0.383 e. The summed E-state index contributed by atoms with van der Waals surface area (Å²) in [5, 5.41) is 3.22. The molecule has 0 saturated heterocycles. The fourth-order valence-corrected chi connectivity index (χ4v) is 2.09. The molecule has 0 radical (unpaired) electrons. The number of anilines is 3. The van der Waals surface area contributed by atoms with Gasteiger partial charge in [-0.25, -0.2) is 4.98 Å². The first kappa shape index (κ1) is 15.3. The number of hydrogen-bond acceptors (Lipinski definition) is 5. The number of aromatic nitrogens is 2. The Morgan fingerprint density at radius 2 is 2.14 bits per heavy atom. The molecule has 112 valence electrons. The fourth-order valence-electron chi connectivity index (χ4n) is 2.09. The van der Waals surface area contributed by atoms with E-state index >= 15 is 0 Å². The summed E-state index contributed by atoms with van der Waals surface area (Å²) in [4.78, 5) is 11.1. The van der Waals surface area contributed by atoms with E-state index in [2.05, 4.69) is 52.2 Å². The summed E-state index contributed by atoms with van der Waals surface area (Å²) in [7, 11) is 1.68. The van der Waals surface area contributed by atoms with Crippen molar-refractivity contribution in [3.05, 3.63) is 42.1 Å². The van der Waals surface area contributed by atoms with Crippen LogP contribution in [0.1, 0.15) is 12.5 Å². The molecule has 1 heterocycles. The number of nitrogens with zero attached hydrogens (tertiary/aromatic N) is 3. The molecule has 2 rings (SSSR count). The number of benzene rings is 1. The minimum atomic E-state index is 0.648. The Morgan fingerprint density at radius 3 is 2.86 bits per heavy atom. The van der Waals surface area contributed by atoms with Crippen molar-refractivity contribution in [1.82, 2.24) is 9.97 Å².